The number of hydrogen-bond donors (Lipinski definition) is 2. The number of nitrogens with zero attached hydrogens (tertiary/aromatic N) is 3. The first kappa shape index (κ1) is 12.7. The van der Waals surface area contributed by atoms with Crippen LogP contribution in [0.1, 0.15) is 6.42 Å². The molecule has 1 fully saturated rings. The Kier molecular flexibility index (Phi) is 4.48. The fourth-order valence-corrected chi connectivity index (χ4v) is 1.51. The molecule has 0 aromatic heterocycles. The van der Waals surface area contributed by atoms with Gasteiger partial charge in [-0.15, -0.1) is 0 Å². The van der Waals surface area contributed by atoms with E-state index in [1.807, 2.05) is 0 Å². The first-order valence-electron chi connectivity index (χ1n) is 4.81. The summed E-state index contributed by atoms with van der Waals surface area (Å²) in [6.45, 7) is 0.0477. The molecule has 7 nitrogen and oxygen atoms in total. The zero-order chi connectivity index (χ0) is 12.0. The van der Waals surface area contributed by atoms with Crippen LogP contribution in [0, 0.1) is 0 Å². The Hall–Kier alpha value is -1.37. The van der Waals surface area contributed by atoms with E-state index in [2.05, 4.69) is 15.3 Å². The molecule has 16 heavy (non-hydrogen) atoms. The van der Waals surface area contributed by atoms with Crippen molar-refractivity contribution in [2.45, 2.75) is 18.1 Å². The summed E-state index contributed by atoms with van der Waals surface area (Å²) in [5.74, 6) is -1.06. The predicted molar refractivity (Wildman–Crippen MR) is 52.7 cm³/mol. The van der Waals surface area contributed by atoms with Crippen molar-refractivity contribution < 1.29 is 19.0 Å². The molecule has 1 heterocycles. The molecule has 8 heteroatoms. The molecule has 0 saturated carbocycles. The van der Waals surface area contributed by atoms with Crippen molar-refractivity contribution in [1.82, 2.24) is 5.32 Å². The van der Waals surface area contributed by atoms with E-state index in [-0.39, 0.29) is 32.7 Å². The quantitative estimate of drug-likeness (QED) is 0.300. The first-order chi connectivity index (χ1) is 7.57. The Bertz CT molecular complexity index is 308. The molecule has 1 aliphatic heterocycles. The number of halogens is 1. The molecule has 2 atom stereocenters. The minimum Gasteiger partial charge on any atom is -0.480 e. The van der Waals surface area contributed by atoms with Gasteiger partial charge in [0, 0.05) is 24.4 Å². The Balaban J connectivity index is 2.26. The van der Waals surface area contributed by atoms with Gasteiger partial charge in [-0.05, 0) is 5.53 Å². The van der Waals surface area contributed by atoms with Crippen molar-refractivity contribution in [2.75, 3.05) is 26.3 Å². The van der Waals surface area contributed by atoms with E-state index in [0.29, 0.717) is 0 Å². The number of nitrogens with one attached hydrogen (secondary N) is 1. The number of carboxylic acids is 1. The van der Waals surface area contributed by atoms with Crippen LogP contribution in [0.5, 0.6) is 0 Å². The Labute approximate surface area is 91.2 Å². The van der Waals surface area contributed by atoms with E-state index >= 15 is 0 Å². The minimum absolute atomic E-state index is 0.0362. The van der Waals surface area contributed by atoms with Gasteiger partial charge >= 0.3 is 5.97 Å². The van der Waals surface area contributed by atoms with Crippen molar-refractivity contribution >= 4 is 5.97 Å². The van der Waals surface area contributed by atoms with Gasteiger partial charge < -0.3 is 15.2 Å². The third kappa shape index (κ3) is 3.65. The zero-order valence-corrected chi connectivity index (χ0v) is 8.60. The average Bonchev–Trinajstić information content (AvgIpc) is 2.61. The molecule has 90 valence electrons. The van der Waals surface area contributed by atoms with Crippen LogP contribution in [0.3, 0.4) is 0 Å². The Morgan fingerprint density at radius 3 is 3.12 bits per heavy atom. The molecule has 0 aromatic rings. The normalized spacial score (nSPS) is 28.7. The SMILES string of the molecule is [N-]=[N+]=NCCOC[C@]1(F)CN[C@H](C(=O)O)C1. The van der Waals surface area contributed by atoms with Crippen LogP contribution < -0.4 is 5.32 Å². The number of hydrogen-bond acceptors (Lipinski definition) is 4. The summed E-state index contributed by atoms with van der Waals surface area (Å²) in [4.78, 5) is 13.1. The molecule has 0 radical (unpaired) electrons. The number of rotatable bonds is 6. The van der Waals surface area contributed by atoms with Crippen LogP contribution in [0.2, 0.25) is 0 Å². The third-order valence-corrected chi connectivity index (χ3v) is 2.29. The molecule has 0 spiro atoms. The van der Waals surface area contributed by atoms with Gasteiger partial charge in [0.05, 0.1) is 13.2 Å². The molecule has 0 unspecified atom stereocenters. The van der Waals surface area contributed by atoms with E-state index in [1.165, 1.54) is 0 Å². The number of alkyl halides is 1. The van der Waals surface area contributed by atoms with Crippen LogP contribution in [0.25, 0.3) is 10.4 Å². The van der Waals surface area contributed by atoms with Gasteiger partial charge in [0.25, 0.3) is 0 Å². The van der Waals surface area contributed by atoms with Gasteiger partial charge in [0.1, 0.15) is 11.7 Å². The highest BCUT2D eigenvalue weighted by atomic mass is 19.1. The fraction of sp³-hybridized carbons (Fsp3) is 0.875. The predicted octanol–water partition coefficient (Wildman–Crippen LogP) is 0.468. The van der Waals surface area contributed by atoms with Crippen LogP contribution in [0.4, 0.5) is 4.39 Å². The molecule has 1 aliphatic rings. The van der Waals surface area contributed by atoms with Crippen molar-refractivity contribution in [1.29, 1.82) is 0 Å². The van der Waals surface area contributed by atoms with Crippen molar-refractivity contribution in [3.63, 3.8) is 0 Å². The highest BCUT2D eigenvalue weighted by molar-refractivity contribution is 5.74. The molecule has 1 saturated heterocycles. The number of carboxylic acid groups (broad SMARTS) is 1. The van der Waals surface area contributed by atoms with E-state index in [9.17, 15) is 9.18 Å². The molecule has 0 amide bonds. The van der Waals surface area contributed by atoms with Crippen LogP contribution >= 0.6 is 0 Å². The maximum atomic E-state index is 13.9. The number of aliphatic carboxylic acids is 1. The zero-order valence-electron chi connectivity index (χ0n) is 8.60. The lowest BCUT2D eigenvalue weighted by Gasteiger charge is -2.17. The number of carbonyl (C=O) groups is 1. The second-order valence-electron chi connectivity index (χ2n) is 3.63. The summed E-state index contributed by atoms with van der Waals surface area (Å²) < 4.78 is 18.9. The second kappa shape index (κ2) is 5.64. The summed E-state index contributed by atoms with van der Waals surface area (Å²) in [6.07, 6.45) is -0.107. The van der Waals surface area contributed by atoms with Crippen LogP contribution in [-0.2, 0) is 9.53 Å². The molecule has 0 bridgehead atoms. The third-order valence-electron chi connectivity index (χ3n) is 2.29. The van der Waals surface area contributed by atoms with Crippen molar-refractivity contribution in [3.8, 4) is 0 Å². The van der Waals surface area contributed by atoms with E-state index in [0.717, 1.165) is 0 Å². The minimum atomic E-state index is -1.65. The molecule has 0 aromatic carbocycles. The van der Waals surface area contributed by atoms with E-state index < -0.39 is 17.7 Å². The maximum absolute atomic E-state index is 13.9. The van der Waals surface area contributed by atoms with E-state index in [4.69, 9.17) is 15.4 Å². The average molecular weight is 232 g/mol. The summed E-state index contributed by atoms with van der Waals surface area (Å²) in [6, 6.07) is -0.856. The Morgan fingerprint density at radius 2 is 2.56 bits per heavy atom. The van der Waals surface area contributed by atoms with Gasteiger partial charge in [0.15, 0.2) is 0 Å². The lowest BCUT2D eigenvalue weighted by molar-refractivity contribution is -0.139. The number of azide groups is 1. The molecular weight excluding hydrogens is 219 g/mol. The van der Waals surface area contributed by atoms with E-state index in [1.54, 1.807) is 0 Å². The van der Waals surface area contributed by atoms with Gasteiger partial charge in [-0.2, -0.15) is 0 Å². The lowest BCUT2D eigenvalue weighted by atomic mass is 10.0. The number of ether oxygens (including phenoxy) is 1. The first-order valence-corrected chi connectivity index (χ1v) is 4.81. The van der Waals surface area contributed by atoms with Gasteiger partial charge in [-0.1, -0.05) is 5.11 Å². The van der Waals surface area contributed by atoms with Crippen molar-refractivity contribution in [3.05, 3.63) is 10.4 Å². The molecular formula is C8H13FN4O3. The second-order valence-corrected chi connectivity index (χ2v) is 3.63. The summed E-state index contributed by atoms with van der Waals surface area (Å²) >= 11 is 0. The van der Waals surface area contributed by atoms with Crippen LogP contribution in [-0.4, -0.2) is 49.1 Å². The molecule has 0 aliphatic carbocycles. The summed E-state index contributed by atoms with van der Waals surface area (Å²) in [5.41, 5.74) is 6.32. The highest BCUT2D eigenvalue weighted by Crippen LogP contribution is 2.24. The smallest absolute Gasteiger partial charge is 0.320 e. The largest absolute Gasteiger partial charge is 0.480 e. The van der Waals surface area contributed by atoms with Gasteiger partial charge in [0.2, 0.25) is 0 Å². The lowest BCUT2D eigenvalue weighted by Crippen LogP contribution is -2.32. The molecule has 1 rings (SSSR count). The summed E-state index contributed by atoms with van der Waals surface area (Å²) in [7, 11) is 0. The Morgan fingerprint density at radius 1 is 1.81 bits per heavy atom. The molecule has 2 N–H and O–H groups in total. The fourth-order valence-electron chi connectivity index (χ4n) is 1.51. The topological polar surface area (TPSA) is 107 Å². The monoisotopic (exact) mass is 232 g/mol. The van der Waals surface area contributed by atoms with Gasteiger partial charge in [-0.3, -0.25) is 4.79 Å². The van der Waals surface area contributed by atoms with Gasteiger partial charge in [-0.25, -0.2) is 4.39 Å². The highest BCUT2D eigenvalue weighted by Gasteiger charge is 2.42. The summed E-state index contributed by atoms with van der Waals surface area (Å²) in [5, 5.41) is 14.4. The van der Waals surface area contributed by atoms with Crippen LogP contribution in [0.15, 0.2) is 5.11 Å². The standard InChI is InChI=1S/C8H13FN4O3/c9-8(5-16-2-1-12-13-10)3-6(7(14)15)11-4-8/h6,11H,1-5H2,(H,14,15)/t6-,8+/m0/s1. The maximum Gasteiger partial charge on any atom is 0.320 e. The van der Waals surface area contributed by atoms with Crippen molar-refractivity contribution in [2.24, 2.45) is 5.11 Å².